The van der Waals surface area contributed by atoms with Gasteiger partial charge >= 0.3 is 0 Å². The van der Waals surface area contributed by atoms with Crippen molar-refractivity contribution < 1.29 is 38.9 Å². The second-order valence-electron chi connectivity index (χ2n) is 26.7. The van der Waals surface area contributed by atoms with E-state index in [1.54, 1.807) is 46.2 Å². The normalized spacial score (nSPS) is 23.7. The molecule has 8 N–H and O–H groups in total. The molecule has 0 bridgehead atoms. The first-order valence-electron chi connectivity index (χ1n) is 31.3. The van der Waals surface area contributed by atoms with E-state index in [9.17, 15) is 39.0 Å². The van der Waals surface area contributed by atoms with Crippen LogP contribution in [-0.4, -0.2) is 205 Å². The van der Waals surface area contributed by atoms with Crippen LogP contribution in [0.3, 0.4) is 0 Å². The van der Waals surface area contributed by atoms with Gasteiger partial charge in [0.05, 0.1) is 37.7 Å². The maximum Gasteiger partial charge on any atom is 0.251 e. The third-order valence-corrected chi connectivity index (χ3v) is 19.1. The molecule has 4 amide bonds. The number of ether oxygens (including phenoxy) is 2. The molecular formula is C66H84Cl2N12O10. The number of phenolic OH excluding ortho intramolecular Hbond substituents is 2. The molecule has 4 fully saturated rings. The van der Waals surface area contributed by atoms with Gasteiger partial charge in [-0.05, 0) is 72.5 Å². The molecule has 0 radical (unpaired) electrons. The van der Waals surface area contributed by atoms with Crippen LogP contribution >= 0.6 is 23.2 Å². The number of halogens is 2. The smallest absolute Gasteiger partial charge is 0.251 e. The lowest BCUT2D eigenvalue weighted by molar-refractivity contribution is -0.139. The van der Waals surface area contributed by atoms with E-state index in [1.807, 2.05) is 52.0 Å². The van der Waals surface area contributed by atoms with Crippen molar-refractivity contribution in [2.24, 2.45) is 0 Å². The molecule has 6 aliphatic heterocycles. The average molecular weight is 1280 g/mol. The van der Waals surface area contributed by atoms with Gasteiger partial charge in [0.1, 0.15) is 23.7 Å². The zero-order chi connectivity index (χ0) is 63.8. The Labute approximate surface area is 534 Å². The number of aromatic hydroxyl groups is 2. The van der Waals surface area contributed by atoms with Crippen LogP contribution in [0.1, 0.15) is 86.3 Å². The molecule has 90 heavy (non-hydrogen) atoms. The number of pyridine rings is 2. The SMILES string of the molecule is C[C@@H]1CN(CC(=O)N2CC(C)(C)c3[nH]c(=O)c(Cc4ccc(Cl)cc4O)cc32)[C@@H](CN2CCO[C@H](C(=O)NCc3ccc(CNC(=O)[C@@H]4CN(C[C@H]5CN[C@H](C)CN5CC(=O)N5CC(C)(C)c6[nH]c(=O)c(Cc7ccc(Cl)cc7O)cc65)CCO4)cc3)C2)CN1. The van der Waals surface area contributed by atoms with Crippen molar-refractivity contribution in [3.8, 4) is 11.5 Å². The molecule has 482 valence electrons. The zero-order valence-corrected chi connectivity index (χ0v) is 53.6. The summed E-state index contributed by atoms with van der Waals surface area (Å²) in [7, 11) is 0. The van der Waals surface area contributed by atoms with Gasteiger partial charge in [-0.2, -0.15) is 0 Å². The lowest BCUT2D eigenvalue weighted by Gasteiger charge is -2.43. The second kappa shape index (κ2) is 27.2. The number of morpholine rings is 2. The summed E-state index contributed by atoms with van der Waals surface area (Å²) in [4.78, 5) is 101. The maximum atomic E-state index is 14.4. The van der Waals surface area contributed by atoms with Gasteiger partial charge < -0.3 is 60.7 Å². The van der Waals surface area contributed by atoms with Crippen LogP contribution in [0.2, 0.25) is 10.0 Å². The number of benzene rings is 3. The van der Waals surface area contributed by atoms with Crippen molar-refractivity contribution in [1.29, 1.82) is 0 Å². The van der Waals surface area contributed by atoms with Crippen molar-refractivity contribution in [1.82, 2.24) is 50.8 Å². The number of nitrogens with zero attached hydrogens (tertiary/aromatic N) is 6. The first-order chi connectivity index (χ1) is 42.9. The van der Waals surface area contributed by atoms with Crippen molar-refractivity contribution in [3.05, 3.63) is 148 Å². The number of piperazine rings is 2. The van der Waals surface area contributed by atoms with Crippen molar-refractivity contribution >= 4 is 58.2 Å². The van der Waals surface area contributed by atoms with Gasteiger partial charge in [0.2, 0.25) is 11.8 Å². The number of H-pyrrole nitrogens is 2. The van der Waals surface area contributed by atoms with E-state index in [4.69, 9.17) is 32.7 Å². The second-order valence-corrected chi connectivity index (χ2v) is 27.5. The predicted molar refractivity (Wildman–Crippen MR) is 345 cm³/mol. The molecule has 3 aromatic carbocycles. The predicted octanol–water partition coefficient (Wildman–Crippen LogP) is 3.57. The Balaban J connectivity index is 0.632. The van der Waals surface area contributed by atoms with E-state index in [0.717, 1.165) is 11.1 Å². The Kier molecular flexibility index (Phi) is 19.6. The molecule has 0 spiro atoms. The Hall–Kier alpha value is -6.70. The zero-order valence-electron chi connectivity index (χ0n) is 52.1. The number of anilines is 2. The molecule has 2 aromatic heterocycles. The van der Waals surface area contributed by atoms with E-state index in [0.29, 0.717) is 160 Å². The fourth-order valence-corrected chi connectivity index (χ4v) is 13.9. The summed E-state index contributed by atoms with van der Waals surface area (Å²) in [5.41, 5.74) is 4.99. The standard InChI is InChI=1S/C66H84Cl2N12O10/c1-39-29-77(35-57(83)79-37-65(3,4)59-51(79)21-45(61(85)73-59)19-43-11-13-47(67)23-53(43)81)49(27-69-39)31-75-15-17-89-55(33-75)63(87)71-25-41-7-9-42(10-8-41)26-72-64(88)56-34-76(16-18-90-56)32-50-28-70-40(2)30-78(50)36-58(84)80-38-66(5,6)60-52(80)22-46(62(86)74-60)20-44-12-14-48(68)24-54(44)82/h7-14,21-24,39-40,49-50,55-56,69-70,81-82H,15-20,25-38H2,1-6H3,(H,71,87)(H,72,88)(H,73,85)(H,74,86)/t39-,40-,49-,50-,55+,56+/m1/s1. The molecule has 6 aliphatic rings. The quantitative estimate of drug-likeness (QED) is 0.0624. The number of phenols is 2. The molecule has 0 saturated carbocycles. The monoisotopic (exact) mass is 1270 g/mol. The first-order valence-corrected chi connectivity index (χ1v) is 32.0. The lowest BCUT2D eigenvalue weighted by Crippen LogP contribution is -2.62. The fraction of sp³-hybridized carbons (Fsp3) is 0.515. The van der Waals surface area contributed by atoms with Gasteiger partial charge in [0, 0.05) is 172 Å². The van der Waals surface area contributed by atoms with Crippen LogP contribution in [-0.2, 0) is 65.4 Å². The largest absolute Gasteiger partial charge is 0.508 e. The van der Waals surface area contributed by atoms with Crippen molar-refractivity contribution in [2.45, 2.75) is 115 Å². The molecule has 6 atom stereocenters. The molecule has 4 saturated heterocycles. The van der Waals surface area contributed by atoms with Gasteiger partial charge in [-0.3, -0.25) is 48.4 Å². The average Bonchev–Trinajstić information content (AvgIpc) is 1.62. The summed E-state index contributed by atoms with van der Waals surface area (Å²) in [6.07, 6.45) is -1.02. The summed E-state index contributed by atoms with van der Waals surface area (Å²) in [5.74, 6) is -0.575. The van der Waals surface area contributed by atoms with E-state index in [2.05, 4.69) is 64.7 Å². The van der Waals surface area contributed by atoms with E-state index < -0.39 is 23.0 Å². The summed E-state index contributed by atoms with van der Waals surface area (Å²) in [6, 6.07) is 21.2. The van der Waals surface area contributed by atoms with Gasteiger partial charge in [-0.15, -0.1) is 0 Å². The molecule has 0 aliphatic carbocycles. The number of hydrogen-bond donors (Lipinski definition) is 8. The van der Waals surface area contributed by atoms with Gasteiger partial charge in [0.15, 0.2) is 0 Å². The van der Waals surface area contributed by atoms with Crippen molar-refractivity contribution in [3.63, 3.8) is 0 Å². The van der Waals surface area contributed by atoms with Crippen LogP contribution in [0, 0.1) is 0 Å². The number of aromatic amines is 2. The van der Waals surface area contributed by atoms with E-state index in [-0.39, 0.29) is 96.3 Å². The number of nitrogens with one attached hydrogen (secondary N) is 6. The minimum absolute atomic E-state index is 0.00175. The third kappa shape index (κ3) is 14.9. The Morgan fingerprint density at radius 3 is 1.37 bits per heavy atom. The van der Waals surface area contributed by atoms with Crippen LogP contribution in [0.25, 0.3) is 0 Å². The Morgan fingerprint density at radius 1 is 0.578 bits per heavy atom. The van der Waals surface area contributed by atoms with Crippen molar-refractivity contribution in [2.75, 3.05) is 115 Å². The minimum Gasteiger partial charge on any atom is -0.508 e. The van der Waals surface area contributed by atoms with Crippen LogP contribution in [0.5, 0.6) is 11.5 Å². The van der Waals surface area contributed by atoms with E-state index in [1.165, 1.54) is 12.1 Å². The molecule has 11 rings (SSSR count). The number of hydrogen-bond acceptors (Lipinski definition) is 16. The topological polar surface area (TPSA) is 260 Å². The Bertz CT molecular complexity index is 3390. The number of rotatable bonds is 18. The molecule has 5 aromatic rings. The van der Waals surface area contributed by atoms with Gasteiger partial charge in [0.25, 0.3) is 22.9 Å². The fourth-order valence-electron chi connectivity index (χ4n) is 13.5. The number of carbonyl (C=O) groups is 4. The number of carbonyl (C=O) groups excluding carboxylic acids is 4. The third-order valence-electron chi connectivity index (χ3n) is 18.6. The summed E-state index contributed by atoms with van der Waals surface area (Å²) in [6.45, 7) is 20.7. The van der Waals surface area contributed by atoms with Crippen LogP contribution in [0.4, 0.5) is 11.4 Å². The lowest BCUT2D eigenvalue weighted by atomic mass is 9.91. The van der Waals surface area contributed by atoms with Gasteiger partial charge in [-0.1, -0.05) is 87.3 Å². The summed E-state index contributed by atoms with van der Waals surface area (Å²) in [5, 5.41) is 35.2. The molecular weight excluding hydrogens is 1190 g/mol. The van der Waals surface area contributed by atoms with Crippen LogP contribution < -0.4 is 42.2 Å². The molecule has 22 nitrogen and oxygen atoms in total. The maximum absolute atomic E-state index is 14.4. The molecule has 0 unspecified atom stereocenters. The highest BCUT2D eigenvalue weighted by Crippen LogP contribution is 2.41. The summed E-state index contributed by atoms with van der Waals surface area (Å²) >= 11 is 12.1. The molecule has 8 heterocycles. The number of aromatic nitrogens is 2. The number of amides is 4. The van der Waals surface area contributed by atoms with Crippen LogP contribution in [0.15, 0.2) is 82.4 Å². The molecule has 24 heteroatoms. The van der Waals surface area contributed by atoms with E-state index >= 15 is 0 Å². The number of fused-ring (bicyclic) bond motifs is 2. The Morgan fingerprint density at radius 2 is 0.978 bits per heavy atom. The minimum atomic E-state index is -0.682. The van der Waals surface area contributed by atoms with Gasteiger partial charge in [-0.25, -0.2) is 0 Å². The highest BCUT2D eigenvalue weighted by atomic mass is 35.5. The first kappa shape index (κ1) is 64.8. The highest BCUT2D eigenvalue weighted by Gasteiger charge is 2.43. The summed E-state index contributed by atoms with van der Waals surface area (Å²) < 4.78 is 12.0. The highest BCUT2D eigenvalue weighted by molar-refractivity contribution is 6.31.